The van der Waals surface area contributed by atoms with Crippen LogP contribution < -0.4 is 0 Å². The van der Waals surface area contributed by atoms with Gasteiger partial charge < -0.3 is 4.18 Å². The zero-order valence-corrected chi connectivity index (χ0v) is 7.93. The van der Waals surface area contributed by atoms with Gasteiger partial charge in [-0.05, 0) is 18.6 Å². The summed E-state index contributed by atoms with van der Waals surface area (Å²) in [5, 5.41) is 0. The zero-order valence-electron chi connectivity index (χ0n) is 7.12. The van der Waals surface area contributed by atoms with Gasteiger partial charge >= 0.3 is 0 Å². The van der Waals surface area contributed by atoms with E-state index < -0.39 is 0 Å². The fourth-order valence-electron chi connectivity index (χ4n) is 0.796. The number of hydrogen-bond acceptors (Lipinski definition) is 2. The van der Waals surface area contributed by atoms with Crippen molar-refractivity contribution >= 4 is 12.0 Å². The number of aryl methyl sites for hydroxylation is 1. The molecule has 12 heavy (non-hydrogen) atoms. The Morgan fingerprint density at radius 1 is 1.50 bits per heavy atom. The lowest BCUT2D eigenvalue weighted by atomic mass is 10.2. The molecule has 0 fully saturated rings. The summed E-state index contributed by atoms with van der Waals surface area (Å²) >= 11 is 1.40. The summed E-state index contributed by atoms with van der Waals surface area (Å²) in [6.45, 7) is 6.23. The number of rotatable bonds is 4. The lowest BCUT2D eigenvalue weighted by molar-refractivity contribution is 0.429. The van der Waals surface area contributed by atoms with Crippen LogP contribution in [0.4, 0.5) is 0 Å². The van der Waals surface area contributed by atoms with Crippen molar-refractivity contribution in [2.45, 2.75) is 11.8 Å². The molecule has 0 spiro atoms. The van der Waals surface area contributed by atoms with Crippen molar-refractivity contribution in [2.75, 3.05) is 6.61 Å². The van der Waals surface area contributed by atoms with Crippen molar-refractivity contribution in [2.24, 2.45) is 0 Å². The maximum Gasteiger partial charge on any atom is 0.0797 e. The van der Waals surface area contributed by atoms with E-state index in [1.54, 1.807) is 6.08 Å². The highest BCUT2D eigenvalue weighted by Gasteiger charge is 1.96. The fraction of sp³-hybridized carbons (Fsp3) is 0.200. The summed E-state index contributed by atoms with van der Waals surface area (Å²) < 4.78 is 5.25. The van der Waals surface area contributed by atoms with Crippen LogP contribution in [0.3, 0.4) is 0 Å². The molecule has 0 aliphatic heterocycles. The van der Waals surface area contributed by atoms with Gasteiger partial charge in [0.2, 0.25) is 0 Å². The molecular weight excluding hydrogens is 168 g/mol. The first-order valence-electron chi connectivity index (χ1n) is 3.80. The van der Waals surface area contributed by atoms with Gasteiger partial charge in [-0.15, -0.1) is 6.58 Å². The molecule has 0 saturated carbocycles. The van der Waals surface area contributed by atoms with Gasteiger partial charge in [0, 0.05) is 16.9 Å². The van der Waals surface area contributed by atoms with E-state index in [0.717, 1.165) is 0 Å². The van der Waals surface area contributed by atoms with Crippen molar-refractivity contribution in [3.8, 4) is 0 Å². The molecule has 64 valence electrons. The van der Waals surface area contributed by atoms with Crippen LogP contribution in [0.25, 0.3) is 0 Å². The summed E-state index contributed by atoms with van der Waals surface area (Å²) in [5.41, 5.74) is 1.24. The molecule has 0 N–H and O–H groups in total. The van der Waals surface area contributed by atoms with Gasteiger partial charge in [-0.25, -0.2) is 0 Å². The Bertz CT molecular complexity index is 258. The molecular formula is C10H12OS. The van der Waals surface area contributed by atoms with E-state index in [1.807, 2.05) is 18.2 Å². The van der Waals surface area contributed by atoms with E-state index in [4.69, 9.17) is 4.18 Å². The largest absolute Gasteiger partial charge is 0.306 e. The van der Waals surface area contributed by atoms with Crippen molar-refractivity contribution in [3.05, 3.63) is 42.5 Å². The number of hydrogen-bond donors (Lipinski definition) is 0. The van der Waals surface area contributed by atoms with Crippen LogP contribution in [0.15, 0.2) is 41.8 Å². The van der Waals surface area contributed by atoms with Gasteiger partial charge in [-0.3, -0.25) is 0 Å². The summed E-state index contributed by atoms with van der Waals surface area (Å²) in [4.78, 5) is 1.17. The van der Waals surface area contributed by atoms with Crippen LogP contribution in [0.1, 0.15) is 5.56 Å². The standard InChI is InChI=1S/C10H12OS/c1-3-8-11-12-10-7-5-4-6-9(10)2/h3-7H,1,8H2,2H3. The molecule has 1 aromatic carbocycles. The minimum absolute atomic E-state index is 0.582. The maximum atomic E-state index is 5.25. The highest BCUT2D eigenvalue weighted by molar-refractivity contribution is 7.94. The van der Waals surface area contributed by atoms with Crippen LogP contribution in [0.5, 0.6) is 0 Å². The Morgan fingerprint density at radius 2 is 2.25 bits per heavy atom. The average molecular weight is 180 g/mol. The Labute approximate surface area is 77.6 Å². The zero-order chi connectivity index (χ0) is 8.81. The first kappa shape index (κ1) is 9.36. The Hall–Kier alpha value is -0.730. The van der Waals surface area contributed by atoms with Gasteiger partial charge in [0.25, 0.3) is 0 Å². The third-order valence-corrected chi connectivity index (χ3v) is 2.32. The normalized spacial score (nSPS) is 9.75. The molecule has 0 atom stereocenters. The van der Waals surface area contributed by atoms with Crippen LogP contribution in [0.2, 0.25) is 0 Å². The molecule has 2 heteroatoms. The van der Waals surface area contributed by atoms with Crippen molar-refractivity contribution in [3.63, 3.8) is 0 Å². The molecule has 0 bridgehead atoms. The fourth-order valence-corrected chi connectivity index (χ4v) is 1.42. The van der Waals surface area contributed by atoms with Crippen molar-refractivity contribution in [1.29, 1.82) is 0 Å². The lowest BCUT2D eigenvalue weighted by Crippen LogP contribution is -1.82. The first-order chi connectivity index (χ1) is 5.84. The molecule has 0 heterocycles. The second kappa shape index (κ2) is 5.01. The van der Waals surface area contributed by atoms with Crippen LogP contribution in [-0.2, 0) is 4.18 Å². The molecule has 0 unspecified atom stereocenters. The van der Waals surface area contributed by atoms with E-state index in [9.17, 15) is 0 Å². The Balaban J connectivity index is 2.51. The topological polar surface area (TPSA) is 9.23 Å². The van der Waals surface area contributed by atoms with E-state index >= 15 is 0 Å². The average Bonchev–Trinajstić information content (AvgIpc) is 2.09. The summed E-state index contributed by atoms with van der Waals surface area (Å²) in [6.07, 6.45) is 1.74. The Kier molecular flexibility index (Phi) is 3.91. The predicted octanol–water partition coefficient (Wildman–Crippen LogP) is 3.20. The molecule has 0 aliphatic rings. The van der Waals surface area contributed by atoms with Crippen molar-refractivity contribution < 1.29 is 4.18 Å². The van der Waals surface area contributed by atoms with E-state index in [1.165, 1.54) is 22.5 Å². The molecule has 0 radical (unpaired) electrons. The van der Waals surface area contributed by atoms with E-state index in [0.29, 0.717) is 6.61 Å². The SMILES string of the molecule is C=CCOSc1ccccc1C. The minimum Gasteiger partial charge on any atom is -0.306 e. The first-order valence-corrected chi connectivity index (χ1v) is 4.54. The van der Waals surface area contributed by atoms with Crippen molar-refractivity contribution in [1.82, 2.24) is 0 Å². The lowest BCUT2D eigenvalue weighted by Gasteiger charge is -2.02. The molecule has 1 rings (SSSR count). The van der Waals surface area contributed by atoms with Crippen LogP contribution in [-0.4, -0.2) is 6.61 Å². The summed E-state index contributed by atoms with van der Waals surface area (Å²) in [6, 6.07) is 8.14. The molecule has 0 amide bonds. The third-order valence-electron chi connectivity index (χ3n) is 1.43. The molecule has 0 aliphatic carbocycles. The van der Waals surface area contributed by atoms with Gasteiger partial charge in [0.15, 0.2) is 0 Å². The third kappa shape index (κ3) is 2.72. The quantitative estimate of drug-likeness (QED) is 0.400. The van der Waals surface area contributed by atoms with Gasteiger partial charge in [-0.1, -0.05) is 24.3 Å². The maximum absolute atomic E-state index is 5.25. The smallest absolute Gasteiger partial charge is 0.0797 e. The molecule has 0 aromatic heterocycles. The molecule has 1 aromatic rings. The van der Waals surface area contributed by atoms with Gasteiger partial charge in [0.05, 0.1) is 6.61 Å². The van der Waals surface area contributed by atoms with Gasteiger partial charge in [0.1, 0.15) is 0 Å². The van der Waals surface area contributed by atoms with E-state index in [2.05, 4.69) is 19.6 Å². The highest BCUT2D eigenvalue weighted by Crippen LogP contribution is 2.22. The highest BCUT2D eigenvalue weighted by atomic mass is 32.2. The Morgan fingerprint density at radius 3 is 2.92 bits per heavy atom. The minimum atomic E-state index is 0.582. The van der Waals surface area contributed by atoms with Gasteiger partial charge in [-0.2, -0.15) is 0 Å². The second-order valence-corrected chi connectivity index (χ2v) is 3.26. The summed E-state index contributed by atoms with van der Waals surface area (Å²) in [7, 11) is 0. The number of benzene rings is 1. The summed E-state index contributed by atoms with van der Waals surface area (Å²) in [5.74, 6) is 0. The molecule has 0 saturated heterocycles. The van der Waals surface area contributed by atoms with Crippen LogP contribution in [0, 0.1) is 6.92 Å². The molecule has 1 nitrogen and oxygen atoms in total. The van der Waals surface area contributed by atoms with E-state index in [-0.39, 0.29) is 0 Å². The van der Waals surface area contributed by atoms with Crippen LogP contribution >= 0.6 is 12.0 Å². The second-order valence-electron chi connectivity index (χ2n) is 2.42. The predicted molar refractivity (Wildman–Crippen MR) is 53.2 cm³/mol. The monoisotopic (exact) mass is 180 g/mol.